The molecule has 182 valence electrons. The molecule has 0 fully saturated rings. The minimum atomic E-state index is -1.17. The van der Waals surface area contributed by atoms with Gasteiger partial charge in [0.2, 0.25) is 5.88 Å². The number of nitrogens with one attached hydrogen (secondary N) is 2. The number of carboxylic acid groups (broad SMARTS) is 1. The van der Waals surface area contributed by atoms with Crippen molar-refractivity contribution < 1.29 is 19.4 Å². The van der Waals surface area contributed by atoms with Crippen LogP contribution in [0.4, 0.5) is 16.3 Å². The van der Waals surface area contributed by atoms with Crippen molar-refractivity contribution in [2.75, 3.05) is 17.2 Å². The number of rotatable bonds is 8. The number of carbonyl (C=O) groups is 2. The van der Waals surface area contributed by atoms with E-state index in [-0.39, 0.29) is 11.7 Å². The Bertz CT molecular complexity index is 1370. The number of benzene rings is 2. The molecule has 8 nitrogen and oxygen atoms in total. The van der Waals surface area contributed by atoms with Gasteiger partial charge in [-0.2, -0.15) is 0 Å². The zero-order valence-electron chi connectivity index (χ0n) is 20.0. The van der Waals surface area contributed by atoms with Crippen molar-refractivity contribution in [2.45, 2.75) is 20.3 Å². The molecule has 0 atom stereocenters. The van der Waals surface area contributed by atoms with E-state index in [0.717, 1.165) is 22.3 Å². The number of ether oxygens (including phenoxy) is 1. The average Bonchev–Trinajstić information content (AvgIpc) is 2.85. The molecule has 0 radical (unpaired) electrons. The van der Waals surface area contributed by atoms with Gasteiger partial charge in [-0.15, -0.1) is 0 Å². The molecule has 2 aromatic carbocycles. The predicted octanol–water partition coefficient (Wildman–Crippen LogP) is 5.72. The Kier molecular flexibility index (Phi) is 7.55. The summed E-state index contributed by atoms with van der Waals surface area (Å²) in [5.74, 6) is 0.451. The number of nitrogens with zero attached hydrogens (tertiary/aromatic N) is 2. The van der Waals surface area contributed by atoms with Crippen molar-refractivity contribution in [3.63, 3.8) is 0 Å². The second-order valence-electron chi connectivity index (χ2n) is 8.30. The number of aromatic nitrogens is 2. The highest BCUT2D eigenvalue weighted by Crippen LogP contribution is 2.26. The van der Waals surface area contributed by atoms with Gasteiger partial charge in [0.15, 0.2) is 0 Å². The zero-order valence-corrected chi connectivity index (χ0v) is 20.0. The molecule has 0 aliphatic rings. The third-order valence-electron chi connectivity index (χ3n) is 5.43. The summed E-state index contributed by atoms with van der Waals surface area (Å²) in [6, 6.07) is 22.4. The van der Waals surface area contributed by atoms with Gasteiger partial charge in [-0.1, -0.05) is 53.6 Å². The Morgan fingerprint density at radius 3 is 2.42 bits per heavy atom. The van der Waals surface area contributed by atoms with E-state index in [1.165, 1.54) is 0 Å². The number of hydrogen-bond donors (Lipinski definition) is 3. The van der Waals surface area contributed by atoms with Crippen LogP contribution in [0.5, 0.6) is 5.88 Å². The second-order valence-corrected chi connectivity index (χ2v) is 8.30. The number of carbonyl (C=O) groups excluding carboxylic acids is 1. The van der Waals surface area contributed by atoms with Crippen molar-refractivity contribution in [3.05, 3.63) is 101 Å². The molecule has 0 spiro atoms. The molecule has 36 heavy (non-hydrogen) atoms. The van der Waals surface area contributed by atoms with Crippen molar-refractivity contribution in [1.29, 1.82) is 0 Å². The standard InChI is InChI=1S/C28H26N4O4/c1-18-6-9-20(10-7-18)23-12-8-19(2)16-24(23)27(33)31-22-11-13-26(29-17-22)36-15-14-21-4-3-5-25(30-21)32-28(34)35/h3-13,16-17H,14-15H2,1-2H3,(H,30,32)(H,31,33)(H,34,35). The molecule has 4 aromatic rings. The molecule has 2 aromatic heterocycles. The molecular weight excluding hydrogens is 456 g/mol. The molecule has 2 heterocycles. The Balaban J connectivity index is 1.37. The molecule has 8 heteroatoms. The van der Waals surface area contributed by atoms with E-state index >= 15 is 0 Å². The van der Waals surface area contributed by atoms with Gasteiger partial charge in [0, 0.05) is 23.7 Å². The maximum Gasteiger partial charge on any atom is 0.410 e. The highest BCUT2D eigenvalue weighted by molar-refractivity contribution is 6.08. The summed E-state index contributed by atoms with van der Waals surface area (Å²) in [4.78, 5) is 32.4. The molecule has 3 N–H and O–H groups in total. The van der Waals surface area contributed by atoms with Gasteiger partial charge in [-0.3, -0.25) is 10.1 Å². The van der Waals surface area contributed by atoms with Crippen LogP contribution < -0.4 is 15.4 Å². The normalized spacial score (nSPS) is 10.5. The molecule has 0 saturated heterocycles. The smallest absolute Gasteiger partial charge is 0.410 e. The van der Waals surface area contributed by atoms with Crippen LogP contribution in [0.3, 0.4) is 0 Å². The fraction of sp³-hybridized carbons (Fsp3) is 0.143. The van der Waals surface area contributed by atoms with Crippen LogP contribution in [0.15, 0.2) is 79.0 Å². The van der Waals surface area contributed by atoms with E-state index in [9.17, 15) is 9.59 Å². The topological polar surface area (TPSA) is 113 Å². The zero-order chi connectivity index (χ0) is 25.5. The third-order valence-corrected chi connectivity index (χ3v) is 5.43. The SMILES string of the molecule is Cc1ccc(-c2ccc(C)cc2C(=O)Nc2ccc(OCCc3cccc(NC(=O)O)n3)nc2)cc1. The lowest BCUT2D eigenvalue weighted by Gasteiger charge is -2.12. The first-order valence-corrected chi connectivity index (χ1v) is 11.4. The van der Waals surface area contributed by atoms with Crippen LogP contribution in [0.2, 0.25) is 0 Å². The lowest BCUT2D eigenvalue weighted by molar-refractivity contribution is 0.102. The van der Waals surface area contributed by atoms with Crippen LogP contribution in [-0.4, -0.2) is 33.7 Å². The summed E-state index contributed by atoms with van der Waals surface area (Å²) < 4.78 is 5.68. The van der Waals surface area contributed by atoms with Crippen LogP contribution in [-0.2, 0) is 6.42 Å². The first-order valence-electron chi connectivity index (χ1n) is 11.4. The number of anilines is 2. The minimum Gasteiger partial charge on any atom is -0.477 e. The Morgan fingerprint density at radius 1 is 0.917 bits per heavy atom. The predicted molar refractivity (Wildman–Crippen MR) is 139 cm³/mol. The van der Waals surface area contributed by atoms with Crippen LogP contribution in [0, 0.1) is 13.8 Å². The van der Waals surface area contributed by atoms with Crippen LogP contribution in [0.25, 0.3) is 11.1 Å². The fourth-order valence-corrected chi connectivity index (χ4v) is 3.63. The van der Waals surface area contributed by atoms with E-state index in [1.54, 1.807) is 36.5 Å². The van der Waals surface area contributed by atoms with E-state index in [0.29, 0.717) is 35.9 Å². The maximum absolute atomic E-state index is 13.1. The van der Waals surface area contributed by atoms with Gasteiger partial charge in [0.1, 0.15) is 5.82 Å². The maximum atomic E-state index is 13.1. The van der Waals surface area contributed by atoms with Gasteiger partial charge >= 0.3 is 6.09 Å². The van der Waals surface area contributed by atoms with Crippen molar-refractivity contribution in [3.8, 4) is 17.0 Å². The summed E-state index contributed by atoms with van der Waals surface area (Å²) >= 11 is 0. The Hall–Kier alpha value is -4.72. The average molecular weight is 483 g/mol. The lowest BCUT2D eigenvalue weighted by atomic mass is 9.96. The molecular formula is C28H26N4O4. The molecule has 0 aliphatic heterocycles. The van der Waals surface area contributed by atoms with E-state index in [4.69, 9.17) is 9.84 Å². The quantitative estimate of drug-likeness (QED) is 0.296. The van der Waals surface area contributed by atoms with Crippen molar-refractivity contribution in [1.82, 2.24) is 9.97 Å². The Labute approximate surface area is 209 Å². The number of pyridine rings is 2. The third kappa shape index (κ3) is 6.44. The molecule has 2 amide bonds. The fourth-order valence-electron chi connectivity index (χ4n) is 3.63. The summed E-state index contributed by atoms with van der Waals surface area (Å²) in [5, 5.41) is 13.9. The second kappa shape index (κ2) is 11.1. The van der Waals surface area contributed by atoms with Crippen LogP contribution >= 0.6 is 0 Å². The molecule has 0 aliphatic carbocycles. The molecule has 4 rings (SSSR count). The monoisotopic (exact) mass is 482 g/mol. The van der Waals surface area contributed by atoms with Gasteiger partial charge in [-0.25, -0.2) is 14.8 Å². The largest absolute Gasteiger partial charge is 0.477 e. The first kappa shape index (κ1) is 24.4. The minimum absolute atomic E-state index is 0.217. The summed E-state index contributed by atoms with van der Waals surface area (Å²) in [6.07, 6.45) is 0.857. The van der Waals surface area contributed by atoms with E-state index in [2.05, 4.69) is 20.6 Å². The Morgan fingerprint density at radius 2 is 1.69 bits per heavy atom. The van der Waals surface area contributed by atoms with Gasteiger partial charge < -0.3 is 15.2 Å². The highest BCUT2D eigenvalue weighted by Gasteiger charge is 2.14. The van der Waals surface area contributed by atoms with Gasteiger partial charge in [0.05, 0.1) is 18.5 Å². The van der Waals surface area contributed by atoms with Gasteiger partial charge in [-0.05, 0) is 49.2 Å². The lowest BCUT2D eigenvalue weighted by Crippen LogP contribution is -2.14. The number of amides is 2. The number of hydrogen-bond acceptors (Lipinski definition) is 5. The number of aryl methyl sites for hydroxylation is 2. The molecule has 0 saturated carbocycles. The van der Waals surface area contributed by atoms with Crippen molar-refractivity contribution >= 4 is 23.5 Å². The summed E-state index contributed by atoms with van der Waals surface area (Å²) in [7, 11) is 0. The van der Waals surface area contributed by atoms with E-state index < -0.39 is 6.09 Å². The summed E-state index contributed by atoms with van der Waals surface area (Å²) in [5.41, 5.74) is 5.83. The van der Waals surface area contributed by atoms with Crippen molar-refractivity contribution in [2.24, 2.45) is 0 Å². The summed E-state index contributed by atoms with van der Waals surface area (Å²) in [6.45, 7) is 4.30. The molecule has 0 unspecified atom stereocenters. The molecule has 0 bridgehead atoms. The van der Waals surface area contributed by atoms with E-state index in [1.807, 2.05) is 56.3 Å². The van der Waals surface area contributed by atoms with Gasteiger partial charge in [0.25, 0.3) is 5.91 Å². The first-order chi connectivity index (χ1) is 17.4. The van der Waals surface area contributed by atoms with Crippen LogP contribution in [0.1, 0.15) is 27.2 Å². The highest BCUT2D eigenvalue weighted by atomic mass is 16.5.